The van der Waals surface area contributed by atoms with Gasteiger partial charge in [-0.1, -0.05) is 24.3 Å². The molecule has 0 saturated carbocycles. The van der Waals surface area contributed by atoms with E-state index in [0.717, 1.165) is 49.0 Å². The summed E-state index contributed by atoms with van der Waals surface area (Å²) in [6.45, 7) is 2.04. The summed E-state index contributed by atoms with van der Waals surface area (Å²) in [7, 11) is 0. The molecule has 1 fully saturated rings. The molecule has 0 radical (unpaired) electrons. The molecule has 0 spiro atoms. The molecule has 2 amide bonds. The van der Waals surface area contributed by atoms with Gasteiger partial charge < -0.3 is 16.0 Å². The number of piperidine rings is 1. The number of alkyl halides is 6. The standard InChI is InChI=1S/C14H17F3N2O.C14H11F3N2O/c2*15-14(16,17)13(20)19-12-3-1-10(2-4-12)9-11-5-7-18-8-6-11/h1-4,11,18H,5-9H2,(H,19,20);1-8H,9H2,(H,19,20). The van der Waals surface area contributed by atoms with Crippen LogP contribution in [0.15, 0.2) is 73.1 Å². The number of amides is 2. The van der Waals surface area contributed by atoms with Gasteiger partial charge in [0.25, 0.3) is 0 Å². The normalized spacial score (nSPS) is 14.1. The van der Waals surface area contributed by atoms with Crippen molar-refractivity contribution in [2.75, 3.05) is 23.7 Å². The summed E-state index contributed by atoms with van der Waals surface area (Å²) in [4.78, 5) is 25.5. The molecular weight excluding hydrogens is 538 g/mol. The number of aromatic nitrogens is 1. The molecule has 1 aliphatic rings. The molecule has 1 aliphatic heterocycles. The highest BCUT2D eigenvalue weighted by molar-refractivity contribution is 5.95. The second-order valence-electron chi connectivity index (χ2n) is 9.23. The van der Waals surface area contributed by atoms with Gasteiger partial charge in [-0.3, -0.25) is 14.6 Å². The number of nitrogens with one attached hydrogen (secondary N) is 3. The minimum absolute atomic E-state index is 0.116. The first-order valence-electron chi connectivity index (χ1n) is 12.4. The van der Waals surface area contributed by atoms with Crippen LogP contribution < -0.4 is 16.0 Å². The van der Waals surface area contributed by atoms with E-state index < -0.39 is 24.2 Å². The lowest BCUT2D eigenvalue weighted by molar-refractivity contribution is -0.167. The zero-order valence-electron chi connectivity index (χ0n) is 21.3. The molecule has 0 bridgehead atoms. The van der Waals surface area contributed by atoms with Crippen LogP contribution in [0.4, 0.5) is 37.7 Å². The van der Waals surface area contributed by atoms with E-state index in [0.29, 0.717) is 12.3 Å². The molecule has 0 aliphatic carbocycles. The summed E-state index contributed by atoms with van der Waals surface area (Å²) in [5.41, 5.74) is 3.35. The molecule has 3 aromatic rings. The van der Waals surface area contributed by atoms with Crippen molar-refractivity contribution in [3.05, 3.63) is 89.7 Å². The molecule has 1 aromatic heterocycles. The molecule has 2 aromatic carbocycles. The highest BCUT2D eigenvalue weighted by atomic mass is 19.4. The summed E-state index contributed by atoms with van der Waals surface area (Å²) in [5, 5.41) is 6.93. The van der Waals surface area contributed by atoms with Crippen molar-refractivity contribution in [3.63, 3.8) is 0 Å². The average Bonchev–Trinajstić information content (AvgIpc) is 2.91. The van der Waals surface area contributed by atoms with Crippen LogP contribution in [0.3, 0.4) is 0 Å². The fourth-order valence-electron chi connectivity index (χ4n) is 3.99. The average molecular weight is 567 g/mol. The summed E-state index contributed by atoms with van der Waals surface area (Å²) >= 11 is 0. The molecule has 1 saturated heterocycles. The van der Waals surface area contributed by atoms with E-state index in [1.54, 1.807) is 42.0 Å². The molecule has 0 unspecified atom stereocenters. The van der Waals surface area contributed by atoms with Crippen LogP contribution in [0.25, 0.3) is 0 Å². The van der Waals surface area contributed by atoms with Crippen LogP contribution in [0.1, 0.15) is 29.5 Å². The van der Waals surface area contributed by atoms with Crippen molar-refractivity contribution in [2.45, 2.75) is 38.0 Å². The smallest absolute Gasteiger partial charge is 0.318 e. The lowest BCUT2D eigenvalue weighted by Crippen LogP contribution is -2.30. The van der Waals surface area contributed by atoms with Crippen LogP contribution in [0, 0.1) is 5.92 Å². The summed E-state index contributed by atoms with van der Waals surface area (Å²) < 4.78 is 72.6. The fraction of sp³-hybridized carbons (Fsp3) is 0.321. The summed E-state index contributed by atoms with van der Waals surface area (Å²) in [6, 6.07) is 16.5. The number of anilines is 2. The zero-order valence-corrected chi connectivity index (χ0v) is 21.3. The Bertz CT molecular complexity index is 1220. The number of hydrogen-bond acceptors (Lipinski definition) is 4. The minimum Gasteiger partial charge on any atom is -0.318 e. The van der Waals surface area contributed by atoms with Crippen molar-refractivity contribution in [3.8, 4) is 0 Å². The lowest BCUT2D eigenvalue weighted by Gasteiger charge is -2.22. The Balaban J connectivity index is 0.000000220. The number of hydrogen-bond donors (Lipinski definition) is 3. The predicted molar refractivity (Wildman–Crippen MR) is 139 cm³/mol. The molecule has 214 valence electrons. The number of rotatable bonds is 6. The van der Waals surface area contributed by atoms with Crippen LogP contribution in [0.2, 0.25) is 0 Å². The molecule has 6 nitrogen and oxygen atoms in total. The van der Waals surface area contributed by atoms with Gasteiger partial charge in [-0.15, -0.1) is 0 Å². The van der Waals surface area contributed by atoms with E-state index in [1.165, 1.54) is 24.3 Å². The number of benzene rings is 2. The van der Waals surface area contributed by atoms with Crippen molar-refractivity contribution < 1.29 is 35.9 Å². The first kappa shape index (κ1) is 30.6. The lowest BCUT2D eigenvalue weighted by atomic mass is 9.91. The molecule has 0 atom stereocenters. The van der Waals surface area contributed by atoms with Crippen LogP contribution in [-0.4, -0.2) is 42.2 Å². The quantitative estimate of drug-likeness (QED) is 0.325. The Hall–Kier alpha value is -3.93. The highest BCUT2D eigenvalue weighted by Gasteiger charge is 2.39. The third-order valence-corrected chi connectivity index (χ3v) is 6.08. The maximum absolute atomic E-state index is 12.1. The van der Waals surface area contributed by atoms with E-state index in [1.807, 2.05) is 17.4 Å². The fourth-order valence-corrected chi connectivity index (χ4v) is 3.99. The van der Waals surface area contributed by atoms with Crippen LogP contribution in [-0.2, 0) is 22.4 Å². The Kier molecular flexibility index (Phi) is 10.7. The number of carbonyl (C=O) groups is 2. The van der Waals surface area contributed by atoms with Crippen molar-refractivity contribution in [1.29, 1.82) is 0 Å². The van der Waals surface area contributed by atoms with E-state index in [-0.39, 0.29) is 11.4 Å². The van der Waals surface area contributed by atoms with E-state index in [4.69, 9.17) is 0 Å². The molecule has 40 heavy (non-hydrogen) atoms. The zero-order chi connectivity index (χ0) is 29.2. The first-order valence-corrected chi connectivity index (χ1v) is 12.4. The first-order chi connectivity index (χ1) is 18.9. The van der Waals surface area contributed by atoms with E-state index >= 15 is 0 Å². The second-order valence-corrected chi connectivity index (χ2v) is 9.23. The Morgan fingerprint density at radius 1 is 0.700 bits per heavy atom. The number of nitrogens with zero attached hydrogens (tertiary/aromatic N) is 1. The molecule has 4 rings (SSSR count). The number of carbonyl (C=O) groups excluding carboxylic acids is 2. The molecular formula is C28H28F6N4O2. The third kappa shape index (κ3) is 10.3. The predicted octanol–water partition coefficient (Wildman–Crippen LogP) is 5.90. The monoisotopic (exact) mass is 566 g/mol. The molecule has 3 N–H and O–H groups in total. The van der Waals surface area contributed by atoms with Gasteiger partial charge in [0.2, 0.25) is 0 Å². The third-order valence-electron chi connectivity index (χ3n) is 6.08. The maximum atomic E-state index is 12.1. The summed E-state index contributed by atoms with van der Waals surface area (Å²) in [6.07, 6.45) is -2.58. The van der Waals surface area contributed by atoms with Gasteiger partial charge in [-0.05, 0) is 97.8 Å². The van der Waals surface area contributed by atoms with Gasteiger partial charge in [0.1, 0.15) is 0 Å². The highest BCUT2D eigenvalue weighted by Crippen LogP contribution is 2.22. The summed E-state index contributed by atoms with van der Waals surface area (Å²) in [5.74, 6) is -3.30. The minimum atomic E-state index is -4.88. The Labute approximate surface area is 227 Å². The van der Waals surface area contributed by atoms with Gasteiger partial charge >= 0.3 is 24.2 Å². The van der Waals surface area contributed by atoms with Crippen LogP contribution >= 0.6 is 0 Å². The number of pyridine rings is 1. The molecule has 12 heteroatoms. The molecule has 2 heterocycles. The second kappa shape index (κ2) is 13.9. The van der Waals surface area contributed by atoms with E-state index in [2.05, 4.69) is 10.3 Å². The largest absolute Gasteiger partial charge is 0.471 e. The van der Waals surface area contributed by atoms with Crippen molar-refractivity contribution in [1.82, 2.24) is 10.3 Å². The van der Waals surface area contributed by atoms with Gasteiger partial charge in [-0.2, -0.15) is 26.3 Å². The number of halogens is 6. The Morgan fingerprint density at radius 2 is 1.12 bits per heavy atom. The van der Waals surface area contributed by atoms with Gasteiger partial charge in [0.05, 0.1) is 0 Å². The van der Waals surface area contributed by atoms with Gasteiger partial charge in [0.15, 0.2) is 0 Å². The maximum Gasteiger partial charge on any atom is 0.471 e. The van der Waals surface area contributed by atoms with E-state index in [9.17, 15) is 35.9 Å². The topological polar surface area (TPSA) is 83.1 Å². The van der Waals surface area contributed by atoms with Gasteiger partial charge in [-0.25, -0.2) is 0 Å². The van der Waals surface area contributed by atoms with Crippen LogP contribution in [0.5, 0.6) is 0 Å². The van der Waals surface area contributed by atoms with Gasteiger partial charge in [0, 0.05) is 23.8 Å². The van der Waals surface area contributed by atoms with Crippen molar-refractivity contribution in [2.24, 2.45) is 5.92 Å². The SMILES string of the molecule is O=C(Nc1ccc(CC2CCNCC2)cc1)C(F)(F)F.O=C(Nc1ccc(Cc2ccncc2)cc1)C(F)(F)F. The van der Waals surface area contributed by atoms with Crippen molar-refractivity contribution >= 4 is 23.2 Å². The Morgan fingerprint density at radius 3 is 1.57 bits per heavy atom.